The van der Waals surface area contributed by atoms with Crippen LogP contribution in [0.25, 0.3) is 0 Å². The Morgan fingerprint density at radius 3 is 2.14 bits per heavy atom. The van der Waals surface area contributed by atoms with Crippen molar-refractivity contribution in [2.24, 2.45) is 0 Å². The van der Waals surface area contributed by atoms with Crippen LogP contribution in [0.1, 0.15) is 6.42 Å². The van der Waals surface area contributed by atoms with Crippen LogP contribution in [0.15, 0.2) is 11.8 Å². The monoisotopic (exact) mass is 107 g/mol. The third kappa shape index (κ3) is 1.63. The van der Waals surface area contributed by atoms with Gasteiger partial charge in [0, 0.05) is 6.08 Å². The van der Waals surface area contributed by atoms with Crippen LogP contribution in [0.5, 0.6) is 0 Å². The van der Waals surface area contributed by atoms with Gasteiger partial charge in [-0.2, -0.15) is 0 Å². The molecular formula is C4H4NaO2+. The summed E-state index contributed by atoms with van der Waals surface area (Å²) in [6.45, 7) is 0. The molecule has 2 nitrogen and oxygen atoms in total. The van der Waals surface area contributed by atoms with Gasteiger partial charge in [0.2, 0.25) is 0 Å². The van der Waals surface area contributed by atoms with Gasteiger partial charge in [-0.3, -0.25) is 4.79 Å². The Morgan fingerprint density at radius 1 is 1.71 bits per heavy atom. The first-order valence-corrected chi connectivity index (χ1v) is 1.71. The number of hydrogen-bond acceptors (Lipinski definition) is 2. The van der Waals surface area contributed by atoms with Crippen molar-refractivity contribution in [3.8, 4) is 0 Å². The number of hydrogen-bond donors (Lipinski definition) is 1. The topological polar surface area (TPSA) is 37.3 Å². The molecule has 0 bridgehead atoms. The van der Waals surface area contributed by atoms with E-state index in [0.29, 0.717) is 0 Å². The second-order valence-corrected chi connectivity index (χ2v) is 1.28. The zero-order valence-electron chi connectivity index (χ0n) is 4.14. The fourth-order valence-corrected chi connectivity index (χ4v) is 0.335. The molecule has 0 heterocycles. The van der Waals surface area contributed by atoms with E-state index < -0.39 is 0 Å². The second kappa shape index (κ2) is 2.50. The zero-order chi connectivity index (χ0) is 4.57. The van der Waals surface area contributed by atoms with E-state index in [1.165, 1.54) is 6.08 Å². The summed E-state index contributed by atoms with van der Waals surface area (Å²) in [6.07, 6.45) is 1.47. The molecular weight excluding hydrogens is 103 g/mol. The molecule has 0 saturated carbocycles. The van der Waals surface area contributed by atoms with Gasteiger partial charge in [0.25, 0.3) is 0 Å². The van der Waals surface area contributed by atoms with Crippen LogP contribution in [0.2, 0.25) is 0 Å². The van der Waals surface area contributed by atoms with E-state index in [1.807, 2.05) is 0 Å². The van der Waals surface area contributed by atoms with Crippen molar-refractivity contribution in [2.75, 3.05) is 0 Å². The molecule has 1 N–H and O–H groups in total. The first kappa shape index (κ1) is 7.21. The molecule has 1 aliphatic carbocycles. The predicted molar refractivity (Wildman–Crippen MR) is 20.3 cm³/mol. The summed E-state index contributed by atoms with van der Waals surface area (Å²) in [6, 6.07) is 0. The SMILES string of the molecule is O=C1C=C(O)C1.[Na+]. The van der Waals surface area contributed by atoms with Gasteiger partial charge in [0.05, 0.1) is 6.42 Å². The fraction of sp³-hybridized carbons (Fsp3) is 0.250. The summed E-state index contributed by atoms with van der Waals surface area (Å²) < 4.78 is 0. The normalized spacial score (nSPS) is 16.6. The number of allylic oxidation sites excluding steroid dienone is 2. The molecule has 1 aliphatic rings. The number of aliphatic hydroxyl groups excluding tert-OH is 1. The maximum Gasteiger partial charge on any atom is 1.00 e. The van der Waals surface area contributed by atoms with E-state index in [-0.39, 0.29) is 47.5 Å². The van der Waals surface area contributed by atoms with Gasteiger partial charge in [-0.15, -0.1) is 0 Å². The van der Waals surface area contributed by atoms with E-state index in [1.54, 1.807) is 0 Å². The fourth-order valence-electron chi connectivity index (χ4n) is 0.335. The van der Waals surface area contributed by atoms with Crippen LogP contribution in [0, 0.1) is 0 Å². The van der Waals surface area contributed by atoms with Gasteiger partial charge >= 0.3 is 29.6 Å². The van der Waals surface area contributed by atoms with Crippen molar-refractivity contribution in [3.05, 3.63) is 11.8 Å². The van der Waals surface area contributed by atoms with Crippen molar-refractivity contribution >= 4 is 5.78 Å². The molecule has 0 aliphatic heterocycles. The Morgan fingerprint density at radius 2 is 2.14 bits per heavy atom. The van der Waals surface area contributed by atoms with Crippen LogP contribution in [-0.4, -0.2) is 10.9 Å². The summed E-state index contributed by atoms with van der Waals surface area (Å²) in [5, 5.41) is 8.26. The quantitative estimate of drug-likeness (QED) is 0.345. The Hall–Kier alpha value is 0.210. The van der Waals surface area contributed by atoms with Crippen molar-refractivity contribution < 1.29 is 39.5 Å². The molecule has 0 spiro atoms. The van der Waals surface area contributed by atoms with Crippen molar-refractivity contribution in [1.29, 1.82) is 0 Å². The second-order valence-electron chi connectivity index (χ2n) is 1.28. The standard InChI is InChI=1S/C4H4O2.Na/c5-3-1-4(6)2-3;/h1,5H,2H2;/q;+1. The van der Waals surface area contributed by atoms with Gasteiger partial charge in [0.15, 0.2) is 5.78 Å². The third-order valence-corrected chi connectivity index (χ3v) is 0.683. The van der Waals surface area contributed by atoms with Gasteiger partial charge in [0.1, 0.15) is 5.76 Å². The number of rotatable bonds is 0. The molecule has 0 saturated heterocycles. The molecule has 0 unspecified atom stereocenters. The smallest absolute Gasteiger partial charge is 0.512 e. The van der Waals surface area contributed by atoms with Crippen molar-refractivity contribution in [1.82, 2.24) is 0 Å². The summed E-state index contributed by atoms with van der Waals surface area (Å²) >= 11 is 0. The Balaban J connectivity index is 0.000000360. The Kier molecular flexibility index (Phi) is 2.58. The predicted octanol–water partition coefficient (Wildman–Crippen LogP) is -2.59. The molecule has 0 radical (unpaired) electrons. The van der Waals surface area contributed by atoms with Crippen LogP contribution in [0.4, 0.5) is 0 Å². The largest absolute Gasteiger partial charge is 1.00 e. The molecule has 0 aromatic rings. The molecule has 7 heavy (non-hydrogen) atoms. The summed E-state index contributed by atoms with van der Waals surface area (Å²) in [5.74, 6) is 0.229. The first-order valence-electron chi connectivity index (χ1n) is 1.71. The third-order valence-electron chi connectivity index (χ3n) is 0.683. The van der Waals surface area contributed by atoms with E-state index >= 15 is 0 Å². The summed E-state index contributed by atoms with van der Waals surface area (Å²) in [4.78, 5) is 9.87. The number of ketones is 1. The van der Waals surface area contributed by atoms with Gasteiger partial charge < -0.3 is 5.11 Å². The summed E-state index contributed by atoms with van der Waals surface area (Å²) in [7, 11) is 0. The first-order chi connectivity index (χ1) is 2.79. The molecule has 0 aromatic carbocycles. The molecule has 3 heteroatoms. The van der Waals surface area contributed by atoms with E-state index in [2.05, 4.69) is 0 Å². The van der Waals surface area contributed by atoms with Crippen molar-refractivity contribution in [2.45, 2.75) is 6.42 Å². The maximum atomic E-state index is 9.87. The molecule has 0 amide bonds. The zero-order valence-corrected chi connectivity index (χ0v) is 6.14. The van der Waals surface area contributed by atoms with Crippen LogP contribution >= 0.6 is 0 Å². The maximum absolute atomic E-state index is 9.87. The van der Waals surface area contributed by atoms with Crippen LogP contribution in [-0.2, 0) is 4.79 Å². The van der Waals surface area contributed by atoms with Crippen LogP contribution in [0.3, 0.4) is 0 Å². The van der Waals surface area contributed by atoms with E-state index in [4.69, 9.17) is 5.11 Å². The molecule has 0 aromatic heterocycles. The average molecular weight is 107 g/mol. The minimum absolute atomic E-state index is 0. The minimum Gasteiger partial charge on any atom is -0.512 e. The van der Waals surface area contributed by atoms with E-state index in [9.17, 15) is 4.79 Å². The molecule has 32 valence electrons. The van der Waals surface area contributed by atoms with Crippen molar-refractivity contribution in [3.63, 3.8) is 0 Å². The number of aliphatic hydroxyl groups is 1. The molecule has 0 atom stereocenters. The summed E-state index contributed by atoms with van der Waals surface area (Å²) in [5.41, 5.74) is 0. The number of carbonyl (C=O) groups is 1. The average Bonchev–Trinajstić information content (AvgIpc) is 1.33. The molecule has 0 fully saturated rings. The van der Waals surface area contributed by atoms with Crippen LogP contribution < -0.4 is 29.6 Å². The van der Waals surface area contributed by atoms with E-state index in [0.717, 1.165) is 0 Å². The minimum atomic E-state index is 0. The molecule has 1 rings (SSSR count). The van der Waals surface area contributed by atoms with Gasteiger partial charge in [-0.05, 0) is 0 Å². The van der Waals surface area contributed by atoms with Gasteiger partial charge in [-0.25, -0.2) is 0 Å². The Bertz CT molecular complexity index is 117. The number of carbonyl (C=O) groups excluding carboxylic acids is 1. The van der Waals surface area contributed by atoms with Gasteiger partial charge in [-0.1, -0.05) is 0 Å². The Labute approximate surface area is 63.5 Å².